The molecule has 7 nitrogen and oxygen atoms in total. The van der Waals surface area contributed by atoms with Crippen molar-refractivity contribution in [1.82, 2.24) is 10.2 Å². The maximum Gasteiger partial charge on any atom is 0.343 e. The van der Waals surface area contributed by atoms with Gasteiger partial charge in [0.2, 0.25) is 0 Å². The van der Waals surface area contributed by atoms with Crippen molar-refractivity contribution in [3.05, 3.63) is 53.2 Å². The number of hydrogen-bond donors (Lipinski definition) is 2. The summed E-state index contributed by atoms with van der Waals surface area (Å²) in [6, 6.07) is 9.94. The van der Waals surface area contributed by atoms with Crippen molar-refractivity contribution in [2.45, 2.75) is 11.8 Å². The predicted octanol–water partition coefficient (Wildman–Crippen LogP) is 3.19. The fourth-order valence-electron chi connectivity index (χ4n) is 2.40. The van der Waals surface area contributed by atoms with Gasteiger partial charge in [-0.2, -0.15) is 5.10 Å². The molecule has 2 N–H and O–H groups in total. The highest BCUT2D eigenvalue weighted by atomic mass is 35.5. The van der Waals surface area contributed by atoms with Crippen LogP contribution in [-0.2, 0) is 14.8 Å². The van der Waals surface area contributed by atoms with Crippen molar-refractivity contribution in [3.63, 3.8) is 0 Å². The number of sulfonamides is 1. The minimum Gasteiger partial charge on any atom is -0.462 e. The topological polar surface area (TPSA) is 101 Å². The summed E-state index contributed by atoms with van der Waals surface area (Å²) in [6.07, 6.45) is 1.20. The van der Waals surface area contributed by atoms with Crippen molar-refractivity contribution in [2.75, 3.05) is 11.3 Å². The van der Waals surface area contributed by atoms with E-state index in [-0.39, 0.29) is 22.9 Å². The monoisotopic (exact) mass is 379 g/mol. The van der Waals surface area contributed by atoms with Crippen LogP contribution in [0.5, 0.6) is 0 Å². The van der Waals surface area contributed by atoms with Crippen LogP contribution < -0.4 is 4.72 Å². The number of benzene rings is 2. The van der Waals surface area contributed by atoms with Crippen LogP contribution in [-0.4, -0.2) is 31.2 Å². The van der Waals surface area contributed by atoms with Gasteiger partial charge in [-0.05, 0) is 24.4 Å². The molecule has 1 aromatic heterocycles. The molecule has 0 aliphatic rings. The number of hydrogen-bond acceptors (Lipinski definition) is 5. The second-order valence-electron chi connectivity index (χ2n) is 5.08. The molecule has 0 atom stereocenters. The number of esters is 1. The second-order valence-corrected chi connectivity index (χ2v) is 7.14. The number of nitrogens with one attached hydrogen (secondary N) is 2. The van der Waals surface area contributed by atoms with Gasteiger partial charge in [-0.15, -0.1) is 0 Å². The molecule has 130 valence electrons. The average molecular weight is 380 g/mol. The first-order chi connectivity index (χ1) is 11.9. The molecule has 0 spiro atoms. The van der Waals surface area contributed by atoms with Crippen molar-refractivity contribution in [3.8, 4) is 0 Å². The van der Waals surface area contributed by atoms with Gasteiger partial charge in [0.25, 0.3) is 10.0 Å². The SMILES string of the molecule is CCOC(=O)c1cn[nH]c1NS(=O)(=O)c1cccc2cccc(Cl)c12. The van der Waals surface area contributed by atoms with E-state index >= 15 is 0 Å². The fourth-order valence-corrected chi connectivity index (χ4v) is 4.03. The lowest BCUT2D eigenvalue weighted by molar-refractivity contribution is 0.0527. The third-order valence-electron chi connectivity index (χ3n) is 3.48. The summed E-state index contributed by atoms with van der Waals surface area (Å²) in [5, 5.41) is 7.56. The van der Waals surface area contributed by atoms with Gasteiger partial charge < -0.3 is 4.74 Å². The third-order valence-corrected chi connectivity index (χ3v) is 5.18. The zero-order chi connectivity index (χ0) is 18.0. The summed E-state index contributed by atoms with van der Waals surface area (Å²) < 4.78 is 32.9. The molecule has 0 bridgehead atoms. The smallest absolute Gasteiger partial charge is 0.343 e. The Morgan fingerprint density at radius 1 is 1.28 bits per heavy atom. The van der Waals surface area contributed by atoms with E-state index < -0.39 is 16.0 Å². The maximum absolute atomic E-state index is 12.8. The maximum atomic E-state index is 12.8. The van der Waals surface area contributed by atoms with Crippen LogP contribution in [0.25, 0.3) is 10.8 Å². The highest BCUT2D eigenvalue weighted by molar-refractivity contribution is 7.93. The van der Waals surface area contributed by atoms with E-state index in [1.54, 1.807) is 37.3 Å². The average Bonchev–Trinajstić information content (AvgIpc) is 3.02. The number of ether oxygens (including phenoxy) is 1. The molecule has 2 aromatic carbocycles. The van der Waals surface area contributed by atoms with Crippen LogP contribution in [0.2, 0.25) is 5.02 Å². The summed E-state index contributed by atoms with van der Waals surface area (Å²) in [4.78, 5) is 11.9. The highest BCUT2D eigenvalue weighted by Crippen LogP contribution is 2.31. The fraction of sp³-hybridized carbons (Fsp3) is 0.125. The summed E-state index contributed by atoms with van der Waals surface area (Å²) in [5.41, 5.74) is -0.00300. The van der Waals surface area contributed by atoms with Crippen molar-refractivity contribution >= 4 is 44.2 Å². The lowest BCUT2D eigenvalue weighted by Gasteiger charge is -2.11. The molecule has 0 saturated heterocycles. The Balaban J connectivity index is 2.05. The van der Waals surface area contributed by atoms with Gasteiger partial charge in [-0.25, -0.2) is 13.2 Å². The van der Waals surface area contributed by atoms with Crippen LogP contribution in [0.1, 0.15) is 17.3 Å². The first-order valence-corrected chi connectivity index (χ1v) is 9.20. The first-order valence-electron chi connectivity index (χ1n) is 7.34. The van der Waals surface area contributed by atoms with Crippen LogP contribution in [0.4, 0.5) is 5.82 Å². The quantitative estimate of drug-likeness (QED) is 0.663. The molecule has 0 saturated carbocycles. The van der Waals surface area contributed by atoms with E-state index in [1.165, 1.54) is 12.3 Å². The normalized spacial score (nSPS) is 11.4. The number of carbonyl (C=O) groups excluding carboxylic acids is 1. The lowest BCUT2D eigenvalue weighted by atomic mass is 10.1. The van der Waals surface area contributed by atoms with Crippen molar-refractivity contribution in [2.24, 2.45) is 0 Å². The largest absolute Gasteiger partial charge is 0.462 e. The zero-order valence-electron chi connectivity index (χ0n) is 13.1. The van der Waals surface area contributed by atoms with E-state index in [0.29, 0.717) is 15.8 Å². The van der Waals surface area contributed by atoms with Gasteiger partial charge in [0.15, 0.2) is 0 Å². The summed E-state index contributed by atoms with van der Waals surface area (Å²) >= 11 is 6.19. The van der Waals surface area contributed by atoms with Crippen LogP contribution in [0, 0.1) is 0 Å². The molecule has 3 aromatic rings. The first kappa shape index (κ1) is 17.2. The number of halogens is 1. The van der Waals surface area contributed by atoms with Gasteiger partial charge in [0, 0.05) is 10.4 Å². The number of H-pyrrole nitrogens is 1. The number of anilines is 1. The summed E-state index contributed by atoms with van der Waals surface area (Å²) in [5.74, 6) is -0.743. The number of carbonyl (C=O) groups is 1. The molecule has 0 aliphatic carbocycles. The standard InChI is InChI=1S/C16H14ClN3O4S/c1-2-24-16(21)11-9-18-19-15(11)20-25(22,23)13-8-4-6-10-5-3-7-12(17)14(10)13/h3-9H,2H2,1H3,(H2,18,19,20). The molecule has 0 amide bonds. The van der Waals surface area contributed by atoms with E-state index in [9.17, 15) is 13.2 Å². The Morgan fingerprint density at radius 2 is 2.00 bits per heavy atom. The molecule has 25 heavy (non-hydrogen) atoms. The Bertz CT molecular complexity index is 1040. The predicted molar refractivity (Wildman–Crippen MR) is 94.3 cm³/mol. The number of nitrogens with zero attached hydrogens (tertiary/aromatic N) is 1. The van der Waals surface area contributed by atoms with E-state index in [4.69, 9.17) is 16.3 Å². The second kappa shape index (κ2) is 6.73. The van der Waals surface area contributed by atoms with Crippen LogP contribution >= 0.6 is 11.6 Å². The van der Waals surface area contributed by atoms with Crippen molar-refractivity contribution < 1.29 is 17.9 Å². The minimum atomic E-state index is -4.02. The van der Waals surface area contributed by atoms with Crippen LogP contribution in [0.3, 0.4) is 0 Å². The van der Waals surface area contributed by atoms with Gasteiger partial charge >= 0.3 is 5.97 Å². The Kier molecular flexibility index (Phi) is 4.65. The molecule has 1 heterocycles. The highest BCUT2D eigenvalue weighted by Gasteiger charge is 2.23. The van der Waals surface area contributed by atoms with E-state index in [2.05, 4.69) is 14.9 Å². The molecular formula is C16H14ClN3O4S. The Labute approximate surface area is 149 Å². The molecule has 9 heteroatoms. The number of rotatable bonds is 5. The third kappa shape index (κ3) is 3.31. The Hall–Kier alpha value is -2.58. The molecule has 0 unspecified atom stereocenters. The zero-order valence-corrected chi connectivity index (χ0v) is 14.7. The van der Waals surface area contributed by atoms with E-state index in [1.807, 2.05) is 0 Å². The molecule has 0 radical (unpaired) electrons. The summed E-state index contributed by atoms with van der Waals surface area (Å²) in [6.45, 7) is 1.81. The number of aromatic amines is 1. The molecule has 0 fully saturated rings. The number of fused-ring (bicyclic) bond motifs is 1. The summed E-state index contributed by atoms with van der Waals surface area (Å²) in [7, 11) is -4.02. The van der Waals surface area contributed by atoms with Gasteiger partial charge in [-0.1, -0.05) is 35.9 Å². The molecular weight excluding hydrogens is 366 g/mol. The Morgan fingerprint density at radius 3 is 2.72 bits per heavy atom. The molecule has 3 rings (SSSR count). The molecule has 0 aliphatic heterocycles. The minimum absolute atomic E-state index is 0.00000821. The number of aromatic nitrogens is 2. The van der Waals surface area contributed by atoms with Crippen LogP contribution in [0.15, 0.2) is 47.5 Å². The van der Waals surface area contributed by atoms with Gasteiger partial charge in [0.1, 0.15) is 11.4 Å². The lowest BCUT2D eigenvalue weighted by Crippen LogP contribution is -2.16. The van der Waals surface area contributed by atoms with Gasteiger partial charge in [-0.3, -0.25) is 9.82 Å². The van der Waals surface area contributed by atoms with Crippen molar-refractivity contribution in [1.29, 1.82) is 0 Å². The van der Waals surface area contributed by atoms with E-state index in [0.717, 1.165) is 0 Å². The van der Waals surface area contributed by atoms with Gasteiger partial charge in [0.05, 0.1) is 17.7 Å².